The zero-order valence-electron chi connectivity index (χ0n) is 9.48. The lowest BCUT2D eigenvalue weighted by molar-refractivity contribution is -0.388. The van der Waals surface area contributed by atoms with Crippen molar-refractivity contribution in [2.24, 2.45) is 17.8 Å². The Hall–Kier alpha value is -0.460. The van der Waals surface area contributed by atoms with Crippen molar-refractivity contribution in [3.63, 3.8) is 0 Å². The molecule has 2 saturated carbocycles. The van der Waals surface area contributed by atoms with Gasteiger partial charge in [0.15, 0.2) is 0 Å². The average molecular weight is 276 g/mol. The molecule has 2 bridgehead atoms. The molecule has 0 saturated heterocycles. The van der Waals surface area contributed by atoms with Crippen LogP contribution in [-0.4, -0.2) is 23.1 Å². The summed E-state index contributed by atoms with van der Waals surface area (Å²) in [6.07, 6.45) is -9.68. The highest BCUT2D eigenvalue weighted by Gasteiger charge is 2.74. The summed E-state index contributed by atoms with van der Waals surface area (Å²) in [5, 5.41) is 9.32. The molecule has 2 aliphatic rings. The molecule has 0 aliphatic heterocycles. The molecule has 0 heterocycles. The molecular formula is C11H14F6O. The van der Waals surface area contributed by atoms with Gasteiger partial charge < -0.3 is 5.11 Å². The zero-order valence-corrected chi connectivity index (χ0v) is 9.48. The number of rotatable bonds is 1. The van der Waals surface area contributed by atoms with E-state index in [2.05, 4.69) is 0 Å². The molecule has 0 spiro atoms. The first-order chi connectivity index (χ1) is 8.05. The van der Waals surface area contributed by atoms with Gasteiger partial charge in [0.2, 0.25) is 0 Å². The van der Waals surface area contributed by atoms with Crippen LogP contribution in [-0.2, 0) is 0 Å². The molecule has 1 nitrogen and oxygen atoms in total. The van der Waals surface area contributed by atoms with Gasteiger partial charge in [-0.3, -0.25) is 0 Å². The Morgan fingerprint density at radius 2 is 1.11 bits per heavy atom. The highest BCUT2D eigenvalue weighted by Crippen LogP contribution is 2.56. The predicted molar refractivity (Wildman–Crippen MR) is 50.6 cm³/mol. The molecule has 2 atom stereocenters. The molecule has 0 aromatic heterocycles. The zero-order chi connectivity index (χ0) is 13.8. The van der Waals surface area contributed by atoms with Crippen molar-refractivity contribution in [2.45, 2.75) is 50.1 Å². The van der Waals surface area contributed by atoms with E-state index in [1.807, 2.05) is 0 Å². The fourth-order valence-electron chi connectivity index (χ4n) is 3.47. The van der Waals surface area contributed by atoms with Gasteiger partial charge in [0.05, 0.1) is 0 Å². The van der Waals surface area contributed by atoms with Crippen molar-refractivity contribution in [2.75, 3.05) is 0 Å². The van der Waals surface area contributed by atoms with Crippen LogP contribution >= 0.6 is 0 Å². The molecule has 0 aromatic carbocycles. The Bertz CT molecular complexity index is 294. The van der Waals surface area contributed by atoms with Crippen molar-refractivity contribution < 1.29 is 31.4 Å². The van der Waals surface area contributed by atoms with Crippen LogP contribution < -0.4 is 0 Å². The van der Waals surface area contributed by atoms with E-state index in [1.165, 1.54) is 0 Å². The third kappa shape index (κ3) is 2.00. The van der Waals surface area contributed by atoms with Gasteiger partial charge in [0.25, 0.3) is 5.60 Å². The van der Waals surface area contributed by atoms with Gasteiger partial charge in [-0.1, -0.05) is 12.8 Å². The topological polar surface area (TPSA) is 20.2 Å². The van der Waals surface area contributed by atoms with Gasteiger partial charge in [0.1, 0.15) is 0 Å². The van der Waals surface area contributed by atoms with Crippen molar-refractivity contribution in [3.05, 3.63) is 0 Å². The van der Waals surface area contributed by atoms with E-state index in [1.54, 1.807) is 0 Å². The monoisotopic (exact) mass is 276 g/mol. The molecule has 1 N–H and O–H groups in total. The first kappa shape index (κ1) is 14.0. The fourth-order valence-corrected chi connectivity index (χ4v) is 3.47. The van der Waals surface area contributed by atoms with Crippen LogP contribution in [0.2, 0.25) is 0 Å². The van der Waals surface area contributed by atoms with Crippen LogP contribution in [0.4, 0.5) is 26.3 Å². The Balaban J connectivity index is 2.31. The normalized spacial score (nSPS) is 33.8. The lowest BCUT2D eigenvalue weighted by atomic mass is 9.71. The fraction of sp³-hybridized carbons (Fsp3) is 1.00. The minimum atomic E-state index is -5.67. The first-order valence-electron chi connectivity index (χ1n) is 5.91. The second-order valence-electron chi connectivity index (χ2n) is 5.48. The molecule has 18 heavy (non-hydrogen) atoms. The minimum absolute atomic E-state index is 0.107. The lowest BCUT2D eigenvalue weighted by Gasteiger charge is -2.42. The summed E-state index contributed by atoms with van der Waals surface area (Å²) in [5.74, 6) is -1.97. The number of hydrogen-bond acceptors (Lipinski definition) is 1. The molecule has 2 unspecified atom stereocenters. The smallest absolute Gasteiger partial charge is 0.373 e. The lowest BCUT2D eigenvalue weighted by Crippen LogP contribution is -2.62. The van der Waals surface area contributed by atoms with Crippen molar-refractivity contribution in [3.8, 4) is 0 Å². The summed E-state index contributed by atoms with van der Waals surface area (Å²) >= 11 is 0. The highest BCUT2D eigenvalue weighted by atomic mass is 19.4. The van der Waals surface area contributed by atoms with Crippen molar-refractivity contribution >= 4 is 0 Å². The molecule has 7 heteroatoms. The Kier molecular flexibility index (Phi) is 3.11. The van der Waals surface area contributed by atoms with Crippen LogP contribution in [0.15, 0.2) is 0 Å². The second-order valence-corrected chi connectivity index (χ2v) is 5.48. The van der Waals surface area contributed by atoms with Crippen LogP contribution in [0.25, 0.3) is 0 Å². The Morgan fingerprint density at radius 3 is 1.44 bits per heavy atom. The standard InChI is InChI=1S/C11H14F6O/c12-10(13,14)9(18,11(15,16)17)8-4-6-1-2-7(3-6)5-8/h6-8,18H,1-5H2. The maximum atomic E-state index is 12.7. The van der Waals surface area contributed by atoms with Gasteiger partial charge >= 0.3 is 12.4 Å². The summed E-state index contributed by atoms with van der Waals surface area (Å²) in [7, 11) is 0. The van der Waals surface area contributed by atoms with Gasteiger partial charge in [-0.15, -0.1) is 0 Å². The average Bonchev–Trinajstić information content (AvgIpc) is 2.53. The van der Waals surface area contributed by atoms with Crippen LogP contribution in [0.1, 0.15) is 32.1 Å². The highest BCUT2D eigenvalue weighted by molar-refractivity contribution is 5.03. The largest absolute Gasteiger partial charge is 0.426 e. The predicted octanol–water partition coefficient (Wildman–Crippen LogP) is 3.67. The SMILES string of the molecule is OC(C1CC2CCC(C2)C1)(C(F)(F)F)C(F)(F)F. The van der Waals surface area contributed by atoms with E-state index in [0.29, 0.717) is 19.3 Å². The van der Waals surface area contributed by atoms with Gasteiger partial charge in [-0.25, -0.2) is 0 Å². The Labute approximate surface area is 100 Å². The molecule has 2 rings (SSSR count). The number of aliphatic hydroxyl groups is 1. The number of halogens is 6. The molecule has 0 radical (unpaired) electrons. The molecule has 0 aromatic rings. The molecule has 2 fully saturated rings. The molecular weight excluding hydrogens is 262 g/mol. The minimum Gasteiger partial charge on any atom is -0.373 e. The van der Waals surface area contributed by atoms with Gasteiger partial charge in [-0.2, -0.15) is 26.3 Å². The summed E-state index contributed by atoms with van der Waals surface area (Å²) < 4.78 is 76.1. The van der Waals surface area contributed by atoms with E-state index >= 15 is 0 Å². The molecule has 0 amide bonds. The second kappa shape index (κ2) is 4.02. The van der Waals surface area contributed by atoms with E-state index in [0.717, 1.165) is 0 Å². The third-order valence-corrected chi connectivity index (χ3v) is 4.34. The Morgan fingerprint density at radius 1 is 0.722 bits per heavy atom. The van der Waals surface area contributed by atoms with E-state index in [9.17, 15) is 31.4 Å². The van der Waals surface area contributed by atoms with Gasteiger partial charge in [0, 0.05) is 5.92 Å². The van der Waals surface area contributed by atoms with Crippen LogP contribution in [0.3, 0.4) is 0 Å². The summed E-state index contributed by atoms with van der Waals surface area (Å²) in [6, 6.07) is 0. The van der Waals surface area contributed by atoms with Gasteiger partial charge in [-0.05, 0) is 31.1 Å². The molecule has 2 aliphatic carbocycles. The summed E-state index contributed by atoms with van der Waals surface area (Å²) in [5.41, 5.74) is -4.55. The summed E-state index contributed by atoms with van der Waals surface area (Å²) in [4.78, 5) is 0. The van der Waals surface area contributed by atoms with Crippen LogP contribution in [0, 0.1) is 17.8 Å². The number of fused-ring (bicyclic) bond motifs is 2. The maximum absolute atomic E-state index is 12.7. The van der Waals surface area contributed by atoms with Crippen LogP contribution in [0.5, 0.6) is 0 Å². The van der Waals surface area contributed by atoms with E-state index in [-0.39, 0.29) is 24.7 Å². The quantitative estimate of drug-likeness (QED) is 0.724. The van der Waals surface area contributed by atoms with Crippen molar-refractivity contribution in [1.29, 1.82) is 0 Å². The first-order valence-corrected chi connectivity index (χ1v) is 5.91. The summed E-state index contributed by atoms with van der Waals surface area (Å²) in [6.45, 7) is 0. The molecule has 106 valence electrons. The van der Waals surface area contributed by atoms with Crippen molar-refractivity contribution in [1.82, 2.24) is 0 Å². The number of alkyl halides is 6. The third-order valence-electron chi connectivity index (χ3n) is 4.34. The van der Waals surface area contributed by atoms with E-state index < -0.39 is 23.9 Å². The maximum Gasteiger partial charge on any atom is 0.426 e. The number of hydrogen-bond donors (Lipinski definition) is 1. The van der Waals surface area contributed by atoms with E-state index in [4.69, 9.17) is 0 Å².